The Morgan fingerprint density at radius 2 is 1.86 bits per heavy atom. The zero-order chi connectivity index (χ0) is 15.9. The van der Waals surface area contributed by atoms with Crippen LogP contribution in [-0.2, 0) is 9.59 Å². The van der Waals surface area contributed by atoms with E-state index in [4.69, 9.17) is 0 Å². The molecular weight excluding hydrogens is 285 g/mol. The second-order valence-corrected chi connectivity index (χ2v) is 4.86. The molecule has 1 aliphatic rings. The molecule has 0 atom stereocenters. The number of nitrogens with one attached hydrogen (secondary N) is 1. The Labute approximate surface area is 121 Å². The van der Waals surface area contributed by atoms with Crippen molar-refractivity contribution in [2.45, 2.75) is 25.9 Å². The molecular formula is C14H19F3N2O2. The number of nitrogens with zero attached hydrogens (tertiary/aromatic N) is 1. The zero-order valence-corrected chi connectivity index (χ0v) is 11.8. The van der Waals surface area contributed by atoms with Gasteiger partial charge in [-0.05, 0) is 25.7 Å². The molecule has 1 aliphatic heterocycles. The molecule has 0 aromatic rings. The van der Waals surface area contributed by atoms with Crippen molar-refractivity contribution in [3.8, 4) is 0 Å². The van der Waals surface area contributed by atoms with E-state index in [1.54, 1.807) is 18.2 Å². The molecule has 4 nitrogen and oxygen atoms in total. The van der Waals surface area contributed by atoms with Crippen LogP contribution in [0.2, 0.25) is 0 Å². The van der Waals surface area contributed by atoms with Gasteiger partial charge in [-0.25, -0.2) is 0 Å². The van der Waals surface area contributed by atoms with Crippen LogP contribution >= 0.6 is 0 Å². The Morgan fingerprint density at radius 1 is 1.24 bits per heavy atom. The van der Waals surface area contributed by atoms with Gasteiger partial charge in [0.05, 0.1) is 0 Å². The van der Waals surface area contributed by atoms with Crippen molar-refractivity contribution >= 4 is 11.8 Å². The van der Waals surface area contributed by atoms with Gasteiger partial charge in [-0.1, -0.05) is 18.2 Å². The number of amides is 2. The number of hydrogen-bond donors (Lipinski definition) is 1. The van der Waals surface area contributed by atoms with E-state index in [9.17, 15) is 22.8 Å². The number of alkyl halides is 3. The summed E-state index contributed by atoms with van der Waals surface area (Å²) in [5.41, 5.74) is 0. The van der Waals surface area contributed by atoms with Crippen molar-refractivity contribution in [3.05, 3.63) is 24.3 Å². The molecule has 0 spiro atoms. The predicted octanol–water partition coefficient (Wildman–Crippen LogP) is 2.04. The molecule has 0 aliphatic carbocycles. The molecule has 0 aromatic heterocycles. The van der Waals surface area contributed by atoms with Crippen LogP contribution in [0, 0.1) is 5.92 Å². The Hall–Kier alpha value is -1.79. The second-order valence-electron chi connectivity index (χ2n) is 4.86. The van der Waals surface area contributed by atoms with E-state index in [1.807, 2.05) is 6.92 Å². The number of carbonyl (C=O) groups is 2. The van der Waals surface area contributed by atoms with E-state index in [1.165, 1.54) is 6.08 Å². The van der Waals surface area contributed by atoms with Crippen LogP contribution in [-0.4, -0.2) is 42.5 Å². The van der Waals surface area contributed by atoms with E-state index in [0.29, 0.717) is 19.4 Å². The van der Waals surface area contributed by atoms with Crippen molar-refractivity contribution in [2.24, 2.45) is 5.92 Å². The van der Waals surface area contributed by atoms with Gasteiger partial charge in [0.25, 0.3) is 0 Å². The normalized spacial score (nSPS) is 17.6. The van der Waals surface area contributed by atoms with E-state index in [2.05, 4.69) is 5.32 Å². The number of halogens is 3. The molecule has 1 saturated heterocycles. The summed E-state index contributed by atoms with van der Waals surface area (Å²) in [5, 5.41) is 2.70. The van der Waals surface area contributed by atoms with Crippen molar-refractivity contribution in [1.82, 2.24) is 10.2 Å². The third-order valence-corrected chi connectivity index (χ3v) is 3.26. The molecule has 0 radical (unpaired) electrons. The van der Waals surface area contributed by atoms with Crippen LogP contribution in [0.5, 0.6) is 0 Å². The molecule has 0 bridgehead atoms. The summed E-state index contributed by atoms with van der Waals surface area (Å²) in [4.78, 5) is 23.3. The second kappa shape index (κ2) is 7.85. The van der Waals surface area contributed by atoms with Crippen LogP contribution < -0.4 is 5.32 Å². The minimum atomic E-state index is -4.81. The van der Waals surface area contributed by atoms with E-state index in [0.717, 1.165) is 4.90 Å². The fourth-order valence-corrected chi connectivity index (χ4v) is 2.08. The Balaban J connectivity index is 2.31. The quantitative estimate of drug-likeness (QED) is 0.638. The van der Waals surface area contributed by atoms with Gasteiger partial charge in [0.1, 0.15) is 0 Å². The summed E-state index contributed by atoms with van der Waals surface area (Å²) in [6, 6.07) is 0. The molecule has 7 heteroatoms. The van der Waals surface area contributed by atoms with Gasteiger partial charge < -0.3 is 10.2 Å². The zero-order valence-electron chi connectivity index (χ0n) is 11.8. The number of carbonyl (C=O) groups excluding carboxylic acids is 2. The minimum absolute atomic E-state index is 0.0767. The Morgan fingerprint density at radius 3 is 2.38 bits per heavy atom. The lowest BCUT2D eigenvalue weighted by Crippen LogP contribution is -2.46. The number of likely N-dealkylation sites (tertiary alicyclic amines) is 1. The molecule has 0 unspecified atom stereocenters. The monoisotopic (exact) mass is 304 g/mol. The van der Waals surface area contributed by atoms with Gasteiger partial charge in [0, 0.05) is 25.7 Å². The highest BCUT2D eigenvalue weighted by Gasteiger charge is 2.43. The topological polar surface area (TPSA) is 49.4 Å². The van der Waals surface area contributed by atoms with Crippen LogP contribution in [0.3, 0.4) is 0 Å². The first-order chi connectivity index (χ1) is 9.84. The summed E-state index contributed by atoms with van der Waals surface area (Å²) in [7, 11) is 0. The van der Waals surface area contributed by atoms with E-state index < -0.39 is 12.1 Å². The number of hydrogen-bond acceptors (Lipinski definition) is 2. The minimum Gasteiger partial charge on any atom is -0.352 e. The number of piperidine rings is 1. The lowest BCUT2D eigenvalue weighted by Gasteiger charge is -2.32. The van der Waals surface area contributed by atoms with Gasteiger partial charge in [-0.15, -0.1) is 0 Å². The van der Waals surface area contributed by atoms with Gasteiger partial charge in [-0.2, -0.15) is 13.2 Å². The maximum Gasteiger partial charge on any atom is 0.471 e. The average molecular weight is 304 g/mol. The van der Waals surface area contributed by atoms with Crippen molar-refractivity contribution in [1.29, 1.82) is 0 Å². The number of rotatable bonds is 4. The fraction of sp³-hybridized carbons (Fsp3) is 0.571. The molecule has 1 N–H and O–H groups in total. The predicted molar refractivity (Wildman–Crippen MR) is 72.3 cm³/mol. The fourth-order valence-electron chi connectivity index (χ4n) is 2.08. The van der Waals surface area contributed by atoms with Gasteiger partial charge in [0.15, 0.2) is 0 Å². The standard InChI is InChI=1S/C14H19F3N2O2/c1-2-3-4-5-12(20)18-10-11-6-8-19(9-7-11)13(21)14(15,16)17/h2-5,11H,6-10H2,1H3,(H,18,20)/b3-2+,5-4-. The Bertz CT molecular complexity index is 422. The molecule has 0 saturated carbocycles. The molecule has 21 heavy (non-hydrogen) atoms. The lowest BCUT2D eigenvalue weighted by molar-refractivity contribution is -0.186. The summed E-state index contributed by atoms with van der Waals surface area (Å²) in [5.74, 6) is -1.91. The summed E-state index contributed by atoms with van der Waals surface area (Å²) >= 11 is 0. The van der Waals surface area contributed by atoms with E-state index >= 15 is 0 Å². The van der Waals surface area contributed by atoms with Crippen molar-refractivity contribution < 1.29 is 22.8 Å². The van der Waals surface area contributed by atoms with Crippen LogP contribution in [0.15, 0.2) is 24.3 Å². The van der Waals surface area contributed by atoms with Gasteiger partial charge >= 0.3 is 12.1 Å². The maximum absolute atomic E-state index is 12.3. The van der Waals surface area contributed by atoms with Crippen LogP contribution in [0.1, 0.15) is 19.8 Å². The molecule has 118 valence electrons. The first kappa shape index (κ1) is 17.3. The maximum atomic E-state index is 12.3. The van der Waals surface area contributed by atoms with Crippen molar-refractivity contribution in [3.63, 3.8) is 0 Å². The van der Waals surface area contributed by atoms with Crippen LogP contribution in [0.4, 0.5) is 13.2 Å². The highest BCUT2D eigenvalue weighted by molar-refractivity contribution is 5.87. The SMILES string of the molecule is C/C=C/C=C\C(=O)NCC1CCN(C(=O)C(F)(F)F)CC1. The largest absolute Gasteiger partial charge is 0.471 e. The Kier molecular flexibility index (Phi) is 6.45. The average Bonchev–Trinajstić information content (AvgIpc) is 2.44. The summed E-state index contributed by atoms with van der Waals surface area (Å²) < 4.78 is 36.8. The van der Waals surface area contributed by atoms with Crippen LogP contribution in [0.25, 0.3) is 0 Å². The third kappa shape index (κ3) is 6.01. The first-order valence-corrected chi connectivity index (χ1v) is 6.78. The third-order valence-electron chi connectivity index (χ3n) is 3.26. The molecule has 1 rings (SSSR count). The highest BCUT2D eigenvalue weighted by Crippen LogP contribution is 2.23. The molecule has 1 fully saturated rings. The van der Waals surface area contributed by atoms with Gasteiger partial charge in [0.2, 0.25) is 5.91 Å². The molecule has 0 aromatic carbocycles. The smallest absolute Gasteiger partial charge is 0.352 e. The first-order valence-electron chi connectivity index (χ1n) is 6.78. The molecule has 1 heterocycles. The highest BCUT2D eigenvalue weighted by atomic mass is 19.4. The lowest BCUT2D eigenvalue weighted by atomic mass is 9.96. The van der Waals surface area contributed by atoms with Crippen molar-refractivity contribution in [2.75, 3.05) is 19.6 Å². The van der Waals surface area contributed by atoms with E-state index in [-0.39, 0.29) is 24.9 Å². The number of allylic oxidation sites excluding steroid dienone is 3. The summed E-state index contributed by atoms with van der Waals surface area (Å²) in [6.45, 7) is 2.39. The molecule has 2 amide bonds. The van der Waals surface area contributed by atoms with Gasteiger partial charge in [-0.3, -0.25) is 9.59 Å². The summed E-state index contributed by atoms with van der Waals surface area (Å²) in [6.07, 6.45) is 2.63.